The van der Waals surface area contributed by atoms with Gasteiger partial charge in [0.15, 0.2) is 11.5 Å². The fraction of sp³-hybridized carbons (Fsp3) is 0.381. The summed E-state index contributed by atoms with van der Waals surface area (Å²) in [6.07, 6.45) is 3.48. The van der Waals surface area contributed by atoms with Crippen molar-refractivity contribution in [1.29, 1.82) is 0 Å². The van der Waals surface area contributed by atoms with Crippen LogP contribution in [0.5, 0.6) is 11.5 Å². The van der Waals surface area contributed by atoms with Crippen LogP contribution in [-0.2, 0) is 4.79 Å². The number of furan rings is 1. The maximum absolute atomic E-state index is 12.9. The number of likely N-dealkylation sites (tertiary alicyclic amines) is 1. The van der Waals surface area contributed by atoms with Gasteiger partial charge < -0.3 is 23.2 Å². The Morgan fingerprint density at radius 2 is 2.07 bits per heavy atom. The van der Waals surface area contributed by atoms with Crippen molar-refractivity contribution in [3.05, 3.63) is 41.9 Å². The van der Waals surface area contributed by atoms with Crippen molar-refractivity contribution in [2.45, 2.75) is 31.0 Å². The average molecular weight is 427 g/mol. The second-order valence-corrected chi connectivity index (χ2v) is 8.13. The van der Waals surface area contributed by atoms with E-state index in [1.807, 2.05) is 30.0 Å². The highest BCUT2D eigenvalue weighted by atomic mass is 32.2. The molecule has 1 amide bonds. The fourth-order valence-electron chi connectivity index (χ4n) is 3.87. The molecule has 3 aromatic rings. The van der Waals surface area contributed by atoms with Crippen molar-refractivity contribution >= 4 is 17.7 Å². The Hall–Kier alpha value is -2.94. The van der Waals surface area contributed by atoms with Gasteiger partial charge in [-0.2, -0.15) is 0 Å². The van der Waals surface area contributed by atoms with Crippen LogP contribution in [-0.4, -0.2) is 46.5 Å². The first-order valence-corrected chi connectivity index (χ1v) is 10.9. The molecule has 0 aliphatic carbocycles. The minimum atomic E-state index is 0.0424. The van der Waals surface area contributed by atoms with Gasteiger partial charge in [-0.1, -0.05) is 17.8 Å². The topological polar surface area (TPSA) is 90.8 Å². The number of fused-ring (bicyclic) bond motifs is 1. The monoisotopic (exact) mass is 427 g/mol. The molecule has 1 saturated heterocycles. The van der Waals surface area contributed by atoms with Crippen molar-refractivity contribution in [2.24, 2.45) is 0 Å². The highest BCUT2D eigenvalue weighted by molar-refractivity contribution is 7.99. The fourth-order valence-corrected chi connectivity index (χ4v) is 4.52. The molecular weight excluding hydrogens is 406 g/mol. The van der Waals surface area contributed by atoms with Crippen molar-refractivity contribution in [1.82, 2.24) is 15.1 Å². The van der Waals surface area contributed by atoms with Gasteiger partial charge in [0.05, 0.1) is 23.6 Å². The normalized spacial score (nSPS) is 18.0. The molecule has 0 saturated carbocycles. The van der Waals surface area contributed by atoms with E-state index < -0.39 is 0 Å². The van der Waals surface area contributed by atoms with Crippen LogP contribution in [0.3, 0.4) is 0 Å². The molecule has 1 fully saturated rings. The Morgan fingerprint density at radius 1 is 1.20 bits per heavy atom. The Labute approximate surface area is 177 Å². The van der Waals surface area contributed by atoms with Gasteiger partial charge in [-0.15, -0.1) is 10.2 Å². The highest BCUT2D eigenvalue weighted by Crippen LogP contribution is 2.38. The Bertz CT molecular complexity index is 1060. The number of thioether (sulfide) groups is 1. The summed E-state index contributed by atoms with van der Waals surface area (Å²) < 4.78 is 22.2. The third kappa shape index (κ3) is 3.65. The molecule has 0 N–H and O–H groups in total. The smallest absolute Gasteiger partial charge is 0.277 e. The lowest BCUT2D eigenvalue weighted by Crippen LogP contribution is -2.32. The SMILES string of the molecule is Cc1occc1-c1nnc(SCC(=O)N2CCCC2c2ccc3c(c2)OCCO3)o1. The molecule has 5 rings (SSSR count). The molecule has 156 valence electrons. The van der Waals surface area contributed by atoms with Crippen LogP contribution in [0.1, 0.15) is 30.2 Å². The minimum absolute atomic E-state index is 0.0424. The first-order chi connectivity index (χ1) is 14.7. The lowest BCUT2D eigenvalue weighted by molar-refractivity contribution is -0.129. The minimum Gasteiger partial charge on any atom is -0.486 e. The number of rotatable bonds is 5. The first-order valence-electron chi connectivity index (χ1n) is 9.89. The van der Waals surface area contributed by atoms with E-state index in [-0.39, 0.29) is 17.7 Å². The number of carbonyl (C=O) groups excluding carboxylic acids is 1. The van der Waals surface area contributed by atoms with Gasteiger partial charge in [0.25, 0.3) is 11.1 Å². The van der Waals surface area contributed by atoms with Gasteiger partial charge in [0.1, 0.15) is 19.0 Å². The van der Waals surface area contributed by atoms with Crippen LogP contribution in [0, 0.1) is 6.92 Å². The standard InChI is InChI=1S/C21H21N3O5S/c1-13-15(6-8-26-13)20-22-23-21(29-20)30-12-19(25)24-7-2-3-16(24)14-4-5-17-18(11-14)28-10-9-27-17/h4-6,8,11,16H,2-3,7,9-10,12H2,1H3. The Balaban J connectivity index is 1.25. The van der Waals surface area contributed by atoms with Gasteiger partial charge in [0, 0.05) is 6.54 Å². The van der Waals surface area contributed by atoms with E-state index >= 15 is 0 Å². The average Bonchev–Trinajstić information content (AvgIpc) is 3.52. The lowest BCUT2D eigenvalue weighted by Gasteiger charge is -2.26. The molecule has 2 aliphatic heterocycles. The van der Waals surface area contributed by atoms with E-state index in [4.69, 9.17) is 18.3 Å². The number of nitrogens with zero attached hydrogens (tertiary/aromatic N) is 3. The van der Waals surface area contributed by atoms with E-state index in [2.05, 4.69) is 10.2 Å². The Morgan fingerprint density at radius 3 is 2.90 bits per heavy atom. The zero-order valence-electron chi connectivity index (χ0n) is 16.5. The number of ether oxygens (including phenoxy) is 2. The number of aromatic nitrogens is 2. The summed E-state index contributed by atoms with van der Waals surface area (Å²) in [7, 11) is 0. The number of hydrogen-bond acceptors (Lipinski definition) is 8. The molecule has 4 heterocycles. The largest absolute Gasteiger partial charge is 0.486 e. The van der Waals surface area contributed by atoms with Crippen LogP contribution in [0.2, 0.25) is 0 Å². The van der Waals surface area contributed by atoms with Crippen LogP contribution in [0.4, 0.5) is 0 Å². The molecule has 0 spiro atoms. The van der Waals surface area contributed by atoms with Crippen molar-refractivity contribution in [3.63, 3.8) is 0 Å². The maximum atomic E-state index is 12.9. The van der Waals surface area contributed by atoms with Crippen molar-refractivity contribution < 1.29 is 23.1 Å². The molecule has 8 nitrogen and oxygen atoms in total. The molecule has 1 atom stereocenters. The third-order valence-corrected chi connectivity index (χ3v) is 6.14. The molecule has 9 heteroatoms. The third-order valence-electron chi connectivity index (χ3n) is 5.34. The number of carbonyl (C=O) groups is 1. The maximum Gasteiger partial charge on any atom is 0.277 e. The van der Waals surface area contributed by atoms with Crippen LogP contribution < -0.4 is 9.47 Å². The predicted molar refractivity (Wildman–Crippen MR) is 109 cm³/mol. The predicted octanol–water partition coefficient (Wildman–Crippen LogP) is 3.87. The van der Waals surface area contributed by atoms with Gasteiger partial charge in [-0.25, -0.2) is 0 Å². The zero-order valence-corrected chi connectivity index (χ0v) is 17.3. The summed E-state index contributed by atoms with van der Waals surface area (Å²) in [6, 6.07) is 7.77. The molecule has 1 aromatic carbocycles. The first kappa shape index (κ1) is 19.0. The molecule has 1 unspecified atom stereocenters. The number of amides is 1. The summed E-state index contributed by atoms with van der Waals surface area (Å²) in [4.78, 5) is 14.9. The molecule has 2 aliphatic rings. The highest BCUT2D eigenvalue weighted by Gasteiger charge is 2.31. The van der Waals surface area contributed by atoms with Gasteiger partial charge in [0.2, 0.25) is 5.91 Å². The molecule has 2 aromatic heterocycles. The molecule has 0 radical (unpaired) electrons. The second-order valence-electron chi connectivity index (χ2n) is 7.20. The quantitative estimate of drug-likeness (QED) is 0.567. The van der Waals surface area contributed by atoms with Crippen LogP contribution in [0.15, 0.2) is 44.6 Å². The summed E-state index contributed by atoms with van der Waals surface area (Å²) in [5, 5.41) is 8.46. The molecule has 0 bridgehead atoms. The van der Waals surface area contributed by atoms with E-state index in [0.29, 0.717) is 30.1 Å². The van der Waals surface area contributed by atoms with E-state index in [9.17, 15) is 4.79 Å². The van der Waals surface area contributed by atoms with Crippen molar-refractivity contribution in [3.8, 4) is 23.0 Å². The zero-order chi connectivity index (χ0) is 20.5. The van der Waals surface area contributed by atoms with E-state index in [0.717, 1.165) is 42.0 Å². The summed E-state index contributed by atoms with van der Waals surface area (Å²) in [5.74, 6) is 2.91. The lowest BCUT2D eigenvalue weighted by atomic mass is 10.0. The summed E-state index contributed by atoms with van der Waals surface area (Å²) >= 11 is 1.25. The van der Waals surface area contributed by atoms with E-state index in [1.54, 1.807) is 12.3 Å². The second kappa shape index (κ2) is 8.06. The molecular formula is C21H21N3O5S. The van der Waals surface area contributed by atoms with Crippen LogP contribution >= 0.6 is 11.8 Å². The molecule has 30 heavy (non-hydrogen) atoms. The number of aryl methyl sites for hydroxylation is 1. The van der Waals surface area contributed by atoms with E-state index in [1.165, 1.54) is 11.8 Å². The summed E-state index contributed by atoms with van der Waals surface area (Å²) in [6.45, 7) is 3.68. The van der Waals surface area contributed by atoms with Crippen LogP contribution in [0.25, 0.3) is 11.5 Å². The van der Waals surface area contributed by atoms with Gasteiger partial charge in [-0.3, -0.25) is 4.79 Å². The Kier molecular flexibility index (Phi) is 5.12. The van der Waals surface area contributed by atoms with Gasteiger partial charge in [-0.05, 0) is 43.5 Å². The number of benzene rings is 1. The number of hydrogen-bond donors (Lipinski definition) is 0. The van der Waals surface area contributed by atoms with Gasteiger partial charge >= 0.3 is 0 Å². The summed E-state index contributed by atoms with van der Waals surface area (Å²) in [5.41, 5.74) is 1.84. The van der Waals surface area contributed by atoms with Crippen molar-refractivity contribution in [2.75, 3.05) is 25.5 Å².